The lowest BCUT2D eigenvalue weighted by molar-refractivity contribution is 0.304. The van der Waals surface area contributed by atoms with Crippen LogP contribution in [0, 0.1) is 18.6 Å². The van der Waals surface area contributed by atoms with Crippen LogP contribution in [0.4, 0.5) is 8.78 Å². The van der Waals surface area contributed by atoms with E-state index in [1.54, 1.807) is 25.1 Å². The summed E-state index contributed by atoms with van der Waals surface area (Å²) in [7, 11) is -3.26. The van der Waals surface area contributed by atoms with Crippen LogP contribution < -0.4 is 15.4 Å². The van der Waals surface area contributed by atoms with Crippen LogP contribution >= 0.6 is 0 Å². The zero-order chi connectivity index (χ0) is 21.4. The molecule has 0 aliphatic heterocycles. The first-order chi connectivity index (χ1) is 13.7. The number of ether oxygens (including phenoxy) is 1. The highest BCUT2D eigenvalue weighted by Gasteiger charge is 2.11. The lowest BCUT2D eigenvalue weighted by Crippen LogP contribution is -2.39. The van der Waals surface area contributed by atoms with Crippen molar-refractivity contribution in [1.82, 2.24) is 10.6 Å². The van der Waals surface area contributed by atoms with Gasteiger partial charge in [-0.15, -0.1) is 0 Å². The number of aryl methyl sites for hydroxylation is 1. The third kappa shape index (κ3) is 7.01. The summed E-state index contributed by atoms with van der Waals surface area (Å²) < 4.78 is 55.1. The Morgan fingerprint density at radius 2 is 1.90 bits per heavy atom. The highest BCUT2D eigenvalue weighted by atomic mass is 32.2. The number of nitrogens with one attached hydrogen (secondary N) is 2. The van der Waals surface area contributed by atoms with E-state index in [0.717, 1.165) is 17.7 Å². The summed E-state index contributed by atoms with van der Waals surface area (Å²) in [4.78, 5) is 4.76. The molecular formula is C20H25F2N3O3S. The predicted octanol–water partition coefficient (Wildman–Crippen LogP) is 2.81. The van der Waals surface area contributed by atoms with Gasteiger partial charge in [-0.05, 0) is 43.2 Å². The molecule has 0 atom stereocenters. The first-order valence-electron chi connectivity index (χ1n) is 9.10. The number of hydrogen-bond acceptors (Lipinski definition) is 4. The highest BCUT2D eigenvalue weighted by molar-refractivity contribution is 7.90. The summed E-state index contributed by atoms with van der Waals surface area (Å²) in [6.07, 6.45) is 1.18. The van der Waals surface area contributed by atoms with E-state index in [9.17, 15) is 17.2 Å². The number of hydrogen-bond donors (Lipinski definition) is 2. The minimum atomic E-state index is -3.26. The Morgan fingerprint density at radius 1 is 1.14 bits per heavy atom. The van der Waals surface area contributed by atoms with Gasteiger partial charge in [0.2, 0.25) is 0 Å². The monoisotopic (exact) mass is 425 g/mol. The molecule has 2 N–H and O–H groups in total. The summed E-state index contributed by atoms with van der Waals surface area (Å²) in [5.41, 5.74) is 1.55. The summed E-state index contributed by atoms with van der Waals surface area (Å²) in [6, 6.07) is 8.26. The van der Waals surface area contributed by atoms with Crippen LogP contribution in [0.2, 0.25) is 0 Å². The molecule has 0 aliphatic rings. The van der Waals surface area contributed by atoms with Gasteiger partial charge < -0.3 is 15.4 Å². The fourth-order valence-electron chi connectivity index (χ4n) is 2.66. The maximum Gasteiger partial charge on any atom is 0.191 e. The van der Waals surface area contributed by atoms with Crippen LogP contribution in [0.3, 0.4) is 0 Å². The second kappa shape index (κ2) is 10.2. The molecule has 29 heavy (non-hydrogen) atoms. The molecule has 0 aromatic heterocycles. The zero-order valence-corrected chi connectivity index (χ0v) is 17.4. The minimum Gasteiger partial charge on any atom is -0.489 e. The van der Waals surface area contributed by atoms with Gasteiger partial charge in [0, 0.05) is 18.9 Å². The summed E-state index contributed by atoms with van der Waals surface area (Å²) in [6.45, 7) is 5.19. The Labute approximate surface area is 169 Å². The fourth-order valence-corrected chi connectivity index (χ4v) is 3.62. The number of halogens is 2. The number of rotatable bonds is 8. The Bertz CT molecular complexity index is 979. The average Bonchev–Trinajstić information content (AvgIpc) is 2.63. The van der Waals surface area contributed by atoms with E-state index in [1.165, 1.54) is 12.3 Å². The Balaban J connectivity index is 1.93. The lowest BCUT2D eigenvalue weighted by atomic mass is 10.1. The van der Waals surface area contributed by atoms with Gasteiger partial charge in [-0.25, -0.2) is 22.2 Å². The van der Waals surface area contributed by atoms with E-state index in [2.05, 4.69) is 15.6 Å². The molecule has 0 spiro atoms. The zero-order valence-electron chi connectivity index (χ0n) is 16.6. The molecule has 2 rings (SSSR count). The van der Waals surface area contributed by atoms with E-state index >= 15 is 0 Å². The molecule has 9 heteroatoms. The maximum atomic E-state index is 13.5. The van der Waals surface area contributed by atoms with Gasteiger partial charge in [-0.3, -0.25) is 0 Å². The smallest absolute Gasteiger partial charge is 0.191 e. The van der Waals surface area contributed by atoms with Crippen LogP contribution in [0.5, 0.6) is 5.75 Å². The quantitative estimate of drug-likeness (QED) is 0.386. The molecule has 0 saturated heterocycles. The molecule has 6 nitrogen and oxygen atoms in total. The molecule has 2 aromatic rings. The van der Waals surface area contributed by atoms with Crippen molar-refractivity contribution in [3.05, 3.63) is 59.2 Å². The Hall–Kier alpha value is -2.68. The molecule has 0 unspecified atom stereocenters. The first kappa shape index (κ1) is 22.6. The molecular weight excluding hydrogens is 400 g/mol. The van der Waals surface area contributed by atoms with Crippen molar-refractivity contribution in [3.63, 3.8) is 0 Å². The number of sulfone groups is 1. The van der Waals surface area contributed by atoms with Crippen LogP contribution in [-0.4, -0.2) is 40.3 Å². The second-order valence-corrected chi connectivity index (χ2v) is 8.40. The van der Waals surface area contributed by atoms with E-state index in [0.29, 0.717) is 36.1 Å². The standard InChI is InChI=1S/C20H25F2N3O3S/c1-4-23-20(24-9-10-28-18-7-6-16(21)12-17(18)22)25-13-15-5-8-19(14(2)11-15)29(3,26)27/h5-8,11-12H,4,9-10,13H2,1-3H3,(H2,23,24,25). The van der Waals surface area contributed by atoms with Crippen LogP contribution in [0.1, 0.15) is 18.1 Å². The Kier molecular flexibility index (Phi) is 7.95. The first-order valence-corrected chi connectivity index (χ1v) is 11.0. The van der Waals surface area contributed by atoms with Gasteiger partial charge in [-0.2, -0.15) is 0 Å². The van der Waals surface area contributed by atoms with E-state index < -0.39 is 21.5 Å². The summed E-state index contributed by atoms with van der Waals surface area (Å²) >= 11 is 0. The van der Waals surface area contributed by atoms with Gasteiger partial charge in [0.1, 0.15) is 12.4 Å². The maximum absolute atomic E-state index is 13.5. The van der Waals surface area contributed by atoms with Crippen LogP contribution in [-0.2, 0) is 16.4 Å². The average molecular weight is 426 g/mol. The highest BCUT2D eigenvalue weighted by Crippen LogP contribution is 2.18. The van der Waals surface area contributed by atoms with Crippen molar-refractivity contribution < 1.29 is 21.9 Å². The van der Waals surface area contributed by atoms with Crippen molar-refractivity contribution in [2.45, 2.75) is 25.3 Å². The molecule has 0 fully saturated rings. The summed E-state index contributed by atoms with van der Waals surface area (Å²) in [5, 5.41) is 6.15. The minimum absolute atomic E-state index is 0.0171. The third-order valence-electron chi connectivity index (χ3n) is 3.95. The van der Waals surface area contributed by atoms with E-state index in [1.807, 2.05) is 6.92 Å². The van der Waals surface area contributed by atoms with Gasteiger partial charge in [0.25, 0.3) is 0 Å². The molecule has 158 valence electrons. The normalized spacial score (nSPS) is 12.0. The van der Waals surface area contributed by atoms with Crippen molar-refractivity contribution >= 4 is 15.8 Å². The fraction of sp³-hybridized carbons (Fsp3) is 0.350. The number of guanidine groups is 1. The number of benzene rings is 2. The molecule has 0 saturated carbocycles. The molecule has 2 aromatic carbocycles. The molecule has 0 radical (unpaired) electrons. The largest absolute Gasteiger partial charge is 0.489 e. The molecule has 0 amide bonds. The Morgan fingerprint density at radius 3 is 2.52 bits per heavy atom. The van der Waals surface area contributed by atoms with Gasteiger partial charge in [0.15, 0.2) is 27.4 Å². The van der Waals surface area contributed by atoms with Gasteiger partial charge in [-0.1, -0.05) is 12.1 Å². The van der Waals surface area contributed by atoms with Crippen LogP contribution in [0.25, 0.3) is 0 Å². The van der Waals surface area contributed by atoms with Crippen LogP contribution in [0.15, 0.2) is 46.3 Å². The number of aliphatic imine (C=N–C) groups is 1. The number of nitrogens with zero attached hydrogens (tertiary/aromatic N) is 1. The lowest BCUT2D eigenvalue weighted by Gasteiger charge is -2.13. The third-order valence-corrected chi connectivity index (χ3v) is 5.21. The predicted molar refractivity (Wildman–Crippen MR) is 109 cm³/mol. The van der Waals surface area contributed by atoms with Crippen molar-refractivity contribution in [1.29, 1.82) is 0 Å². The van der Waals surface area contributed by atoms with Crippen molar-refractivity contribution in [2.24, 2.45) is 4.99 Å². The van der Waals surface area contributed by atoms with E-state index in [-0.39, 0.29) is 12.4 Å². The van der Waals surface area contributed by atoms with Gasteiger partial charge >= 0.3 is 0 Å². The molecule has 0 heterocycles. The second-order valence-electron chi connectivity index (χ2n) is 6.42. The summed E-state index contributed by atoms with van der Waals surface area (Å²) in [5.74, 6) is -0.884. The SMILES string of the molecule is CCNC(=NCc1ccc(S(C)(=O)=O)c(C)c1)NCCOc1ccc(F)cc1F. The molecule has 0 bridgehead atoms. The van der Waals surface area contributed by atoms with Crippen molar-refractivity contribution in [2.75, 3.05) is 26.0 Å². The molecule has 0 aliphatic carbocycles. The topological polar surface area (TPSA) is 79.8 Å². The van der Waals surface area contributed by atoms with E-state index in [4.69, 9.17) is 4.74 Å². The van der Waals surface area contributed by atoms with Gasteiger partial charge in [0.05, 0.1) is 18.0 Å². The van der Waals surface area contributed by atoms with Crippen molar-refractivity contribution in [3.8, 4) is 5.75 Å².